The van der Waals surface area contributed by atoms with E-state index in [0.29, 0.717) is 13.2 Å². The van der Waals surface area contributed by atoms with E-state index >= 15 is 0 Å². The lowest BCUT2D eigenvalue weighted by Crippen LogP contribution is -2.30. The highest BCUT2D eigenvalue weighted by atomic mass is 79.9. The minimum atomic E-state index is -0.177. The summed E-state index contributed by atoms with van der Waals surface area (Å²) in [6, 6.07) is 12.3. The van der Waals surface area contributed by atoms with Crippen molar-refractivity contribution in [1.29, 1.82) is 0 Å². The van der Waals surface area contributed by atoms with Gasteiger partial charge in [-0.2, -0.15) is 0 Å². The lowest BCUT2D eigenvalue weighted by molar-refractivity contribution is -0.144. The van der Waals surface area contributed by atoms with Crippen molar-refractivity contribution in [3.8, 4) is 0 Å². The molecule has 0 N–H and O–H groups in total. The van der Waals surface area contributed by atoms with E-state index in [1.165, 1.54) is 10.4 Å². The molecule has 0 saturated heterocycles. The Balaban J connectivity index is 2.04. The average molecular weight is 368 g/mol. The summed E-state index contributed by atoms with van der Waals surface area (Å²) in [5, 5.41) is 2.06. The van der Waals surface area contributed by atoms with Crippen LogP contribution in [0.15, 0.2) is 46.3 Å². The second-order valence-corrected chi connectivity index (χ2v) is 6.58. The molecule has 0 amide bonds. The van der Waals surface area contributed by atoms with Gasteiger partial charge in [-0.15, -0.1) is 11.3 Å². The molecule has 2 aromatic rings. The molecular formula is C16H18BrNO2S. The molecule has 3 nitrogen and oxygen atoms in total. The topological polar surface area (TPSA) is 29.5 Å². The fourth-order valence-corrected chi connectivity index (χ4v) is 3.55. The number of thiophene rings is 1. The van der Waals surface area contributed by atoms with Crippen LogP contribution in [0.25, 0.3) is 0 Å². The zero-order valence-corrected chi connectivity index (χ0v) is 14.3. The first-order valence-corrected chi connectivity index (χ1v) is 8.49. The number of carbonyl (C=O) groups excluding carboxylic acids is 1. The molecule has 0 radical (unpaired) electrons. The summed E-state index contributed by atoms with van der Waals surface area (Å²) in [6.45, 7) is 4.02. The number of esters is 1. The molecule has 0 saturated carbocycles. The van der Waals surface area contributed by atoms with E-state index < -0.39 is 0 Å². The van der Waals surface area contributed by atoms with Gasteiger partial charge in [0.2, 0.25) is 0 Å². The number of carbonyl (C=O) groups is 1. The molecule has 5 heteroatoms. The van der Waals surface area contributed by atoms with Gasteiger partial charge in [-0.25, -0.2) is 0 Å². The van der Waals surface area contributed by atoms with E-state index in [1.54, 1.807) is 11.3 Å². The van der Waals surface area contributed by atoms with Crippen molar-refractivity contribution in [3.63, 3.8) is 0 Å². The number of ether oxygens (including phenoxy) is 1. The fraction of sp³-hybridized carbons (Fsp3) is 0.312. The predicted octanol–water partition coefficient (Wildman–Crippen LogP) is 4.08. The molecule has 2 rings (SSSR count). The maximum Gasteiger partial charge on any atom is 0.320 e. The molecular weight excluding hydrogens is 350 g/mol. The van der Waals surface area contributed by atoms with Crippen molar-refractivity contribution in [3.05, 3.63) is 56.7 Å². The summed E-state index contributed by atoms with van der Waals surface area (Å²) in [5.41, 5.74) is 1.19. The van der Waals surface area contributed by atoms with Crippen LogP contribution in [0.4, 0.5) is 0 Å². The average Bonchev–Trinajstić information content (AvgIpc) is 2.85. The van der Waals surface area contributed by atoms with Gasteiger partial charge in [0.05, 0.1) is 13.2 Å². The number of nitrogens with zero attached hydrogens (tertiary/aromatic N) is 1. The van der Waals surface area contributed by atoms with Gasteiger partial charge in [-0.3, -0.25) is 9.69 Å². The maximum absolute atomic E-state index is 11.8. The quantitative estimate of drug-likeness (QED) is 0.690. The molecule has 21 heavy (non-hydrogen) atoms. The van der Waals surface area contributed by atoms with Crippen LogP contribution in [0.2, 0.25) is 0 Å². The van der Waals surface area contributed by atoms with Crippen molar-refractivity contribution in [2.24, 2.45) is 0 Å². The summed E-state index contributed by atoms with van der Waals surface area (Å²) in [6.07, 6.45) is 0. The Labute approximate surface area is 137 Å². The first-order chi connectivity index (χ1) is 10.2. The second-order valence-electron chi connectivity index (χ2n) is 4.67. The molecule has 0 spiro atoms. The minimum absolute atomic E-state index is 0.177. The van der Waals surface area contributed by atoms with E-state index in [0.717, 1.165) is 17.6 Å². The molecule has 0 fully saturated rings. The Morgan fingerprint density at radius 3 is 2.67 bits per heavy atom. The lowest BCUT2D eigenvalue weighted by Gasteiger charge is -2.20. The number of hydrogen-bond acceptors (Lipinski definition) is 4. The fourth-order valence-electron chi connectivity index (χ4n) is 2.06. The van der Waals surface area contributed by atoms with Crippen LogP contribution in [-0.4, -0.2) is 24.0 Å². The monoisotopic (exact) mass is 367 g/mol. The van der Waals surface area contributed by atoms with Gasteiger partial charge in [-0.05, 0) is 34.5 Å². The number of rotatable bonds is 7. The minimum Gasteiger partial charge on any atom is -0.465 e. The Kier molecular flexibility index (Phi) is 6.42. The van der Waals surface area contributed by atoms with Crippen molar-refractivity contribution in [2.45, 2.75) is 20.0 Å². The van der Waals surface area contributed by atoms with Crippen LogP contribution in [0.3, 0.4) is 0 Å². The first-order valence-electron chi connectivity index (χ1n) is 6.82. The van der Waals surface area contributed by atoms with E-state index in [1.807, 2.05) is 25.1 Å². The number of halogens is 1. The summed E-state index contributed by atoms with van der Waals surface area (Å²) >= 11 is 5.15. The largest absolute Gasteiger partial charge is 0.465 e. The van der Waals surface area contributed by atoms with Crippen LogP contribution >= 0.6 is 27.3 Å². The zero-order chi connectivity index (χ0) is 15.1. The van der Waals surface area contributed by atoms with Gasteiger partial charge in [-0.1, -0.05) is 30.3 Å². The summed E-state index contributed by atoms with van der Waals surface area (Å²) in [4.78, 5) is 15.1. The van der Waals surface area contributed by atoms with Gasteiger partial charge >= 0.3 is 5.97 Å². The van der Waals surface area contributed by atoms with E-state index in [4.69, 9.17) is 4.74 Å². The zero-order valence-electron chi connectivity index (χ0n) is 11.9. The van der Waals surface area contributed by atoms with Crippen LogP contribution < -0.4 is 0 Å². The van der Waals surface area contributed by atoms with Crippen molar-refractivity contribution in [1.82, 2.24) is 4.90 Å². The van der Waals surface area contributed by atoms with Crippen molar-refractivity contribution >= 4 is 33.2 Å². The lowest BCUT2D eigenvalue weighted by atomic mass is 10.2. The van der Waals surface area contributed by atoms with Gasteiger partial charge in [0.25, 0.3) is 0 Å². The third-order valence-corrected chi connectivity index (χ3v) is 4.59. The molecule has 1 heterocycles. The number of benzene rings is 1. The molecule has 0 atom stereocenters. The summed E-state index contributed by atoms with van der Waals surface area (Å²) in [5.74, 6) is -0.177. The highest BCUT2D eigenvalue weighted by molar-refractivity contribution is 9.10. The first kappa shape index (κ1) is 16.2. The molecule has 0 aliphatic rings. The Bertz CT molecular complexity index is 571. The molecule has 1 aromatic heterocycles. The van der Waals surface area contributed by atoms with Crippen molar-refractivity contribution < 1.29 is 9.53 Å². The van der Waals surface area contributed by atoms with Gasteiger partial charge < -0.3 is 4.74 Å². The highest BCUT2D eigenvalue weighted by Crippen LogP contribution is 2.22. The smallest absolute Gasteiger partial charge is 0.320 e. The summed E-state index contributed by atoms with van der Waals surface area (Å²) in [7, 11) is 0. The van der Waals surface area contributed by atoms with E-state index in [-0.39, 0.29) is 5.97 Å². The van der Waals surface area contributed by atoms with Crippen LogP contribution in [0.5, 0.6) is 0 Å². The second kappa shape index (κ2) is 8.32. The SMILES string of the molecule is CCOC(=O)CN(Cc1ccccc1)Cc1cc(Br)cs1. The Morgan fingerprint density at radius 2 is 2.05 bits per heavy atom. The molecule has 1 aromatic carbocycles. The third kappa shape index (κ3) is 5.61. The van der Waals surface area contributed by atoms with E-state index in [9.17, 15) is 4.79 Å². The van der Waals surface area contributed by atoms with E-state index in [2.05, 4.69) is 44.4 Å². The highest BCUT2D eigenvalue weighted by Gasteiger charge is 2.13. The molecule has 0 unspecified atom stereocenters. The van der Waals surface area contributed by atoms with Crippen LogP contribution in [0, 0.1) is 0 Å². The molecule has 0 aliphatic heterocycles. The maximum atomic E-state index is 11.8. The van der Waals surface area contributed by atoms with Crippen LogP contribution in [-0.2, 0) is 22.6 Å². The van der Waals surface area contributed by atoms with Gasteiger partial charge in [0.1, 0.15) is 0 Å². The Hall–Kier alpha value is -1.17. The van der Waals surface area contributed by atoms with Gasteiger partial charge in [0.15, 0.2) is 0 Å². The normalized spacial score (nSPS) is 10.8. The summed E-state index contributed by atoms with van der Waals surface area (Å²) < 4.78 is 6.15. The van der Waals surface area contributed by atoms with Gasteiger partial charge in [0, 0.05) is 27.8 Å². The predicted molar refractivity (Wildman–Crippen MR) is 89.2 cm³/mol. The molecule has 0 bridgehead atoms. The molecule has 0 aliphatic carbocycles. The number of hydrogen-bond donors (Lipinski definition) is 0. The standard InChI is InChI=1S/C16H18BrNO2S/c1-2-20-16(19)11-18(9-13-6-4-3-5-7-13)10-15-8-14(17)12-21-15/h3-8,12H,2,9-11H2,1H3. The Morgan fingerprint density at radius 1 is 1.29 bits per heavy atom. The van der Waals surface area contributed by atoms with Crippen LogP contribution in [0.1, 0.15) is 17.4 Å². The third-order valence-electron chi connectivity index (χ3n) is 2.91. The molecule has 112 valence electrons. The van der Waals surface area contributed by atoms with Crippen molar-refractivity contribution in [2.75, 3.05) is 13.2 Å².